The Hall–Kier alpha value is -2.32. The van der Waals surface area contributed by atoms with Gasteiger partial charge in [-0.15, -0.1) is 0 Å². The lowest BCUT2D eigenvalue weighted by molar-refractivity contribution is -0.122. The minimum Gasteiger partial charge on any atom is -0.480 e. The highest BCUT2D eigenvalue weighted by molar-refractivity contribution is 9.10. The van der Waals surface area contributed by atoms with Crippen molar-refractivity contribution in [3.8, 4) is 11.8 Å². The number of hydrogen-bond acceptors (Lipinski definition) is 3. The molecule has 2 aromatic carbocycles. The Balaban J connectivity index is 2.05. The van der Waals surface area contributed by atoms with Gasteiger partial charge in [-0.05, 0) is 37.3 Å². The van der Waals surface area contributed by atoms with Gasteiger partial charge in [-0.2, -0.15) is 5.26 Å². The molecule has 0 aromatic heterocycles. The highest BCUT2D eigenvalue weighted by Gasteiger charge is 2.16. The number of ether oxygens (including phenoxy) is 1. The second-order valence-electron chi connectivity index (χ2n) is 4.37. The Labute approximate surface area is 131 Å². The molecule has 0 saturated carbocycles. The van der Waals surface area contributed by atoms with Crippen molar-refractivity contribution in [2.45, 2.75) is 13.0 Å². The summed E-state index contributed by atoms with van der Waals surface area (Å²) in [4.78, 5) is 12.1. The third-order valence-corrected chi connectivity index (χ3v) is 3.27. The van der Waals surface area contributed by atoms with Gasteiger partial charge in [-0.25, -0.2) is 0 Å². The quantitative estimate of drug-likeness (QED) is 0.919. The van der Waals surface area contributed by atoms with Gasteiger partial charge in [-0.3, -0.25) is 4.79 Å². The number of halogens is 1. The van der Waals surface area contributed by atoms with Gasteiger partial charge < -0.3 is 10.1 Å². The average molecular weight is 345 g/mol. The Morgan fingerprint density at radius 2 is 2.05 bits per heavy atom. The Morgan fingerprint density at radius 1 is 1.29 bits per heavy atom. The Kier molecular flexibility index (Phi) is 4.96. The molecule has 21 heavy (non-hydrogen) atoms. The van der Waals surface area contributed by atoms with E-state index in [4.69, 9.17) is 10.00 Å². The summed E-state index contributed by atoms with van der Waals surface area (Å²) in [5.74, 6) is 0.123. The third kappa shape index (κ3) is 4.07. The number of nitriles is 1. The van der Waals surface area contributed by atoms with E-state index < -0.39 is 6.10 Å². The molecule has 0 aliphatic rings. The summed E-state index contributed by atoms with van der Waals surface area (Å²) in [6, 6.07) is 16.1. The minimum absolute atomic E-state index is 0.277. The molecule has 106 valence electrons. The zero-order chi connectivity index (χ0) is 15.2. The molecule has 4 nitrogen and oxygen atoms in total. The van der Waals surface area contributed by atoms with Gasteiger partial charge in [-0.1, -0.05) is 34.1 Å². The van der Waals surface area contributed by atoms with Gasteiger partial charge in [0.2, 0.25) is 0 Å². The van der Waals surface area contributed by atoms with Gasteiger partial charge in [0.15, 0.2) is 6.10 Å². The van der Waals surface area contributed by atoms with E-state index in [1.54, 1.807) is 43.3 Å². The first-order valence-electron chi connectivity index (χ1n) is 6.32. The van der Waals surface area contributed by atoms with E-state index in [0.29, 0.717) is 17.0 Å². The van der Waals surface area contributed by atoms with Gasteiger partial charge in [0.1, 0.15) is 11.8 Å². The molecular weight excluding hydrogens is 332 g/mol. The van der Waals surface area contributed by atoms with Crippen LogP contribution in [0.3, 0.4) is 0 Å². The molecule has 0 aliphatic heterocycles. The number of nitrogens with zero attached hydrogens (tertiary/aromatic N) is 1. The predicted molar refractivity (Wildman–Crippen MR) is 84.0 cm³/mol. The largest absolute Gasteiger partial charge is 0.480 e. The molecule has 0 heterocycles. The average Bonchev–Trinajstić information content (AvgIpc) is 2.47. The molecule has 0 fully saturated rings. The number of carbonyl (C=O) groups excluding carboxylic acids is 1. The van der Waals surface area contributed by atoms with Crippen LogP contribution in [0.5, 0.6) is 5.75 Å². The van der Waals surface area contributed by atoms with Crippen LogP contribution in [0.2, 0.25) is 0 Å². The number of nitrogens with one attached hydrogen (secondary N) is 1. The molecule has 1 N–H and O–H groups in total. The second kappa shape index (κ2) is 6.91. The molecule has 0 saturated heterocycles. The summed E-state index contributed by atoms with van der Waals surface area (Å²) in [5.41, 5.74) is 1.08. The van der Waals surface area contributed by atoms with Crippen LogP contribution in [-0.2, 0) is 4.79 Å². The molecule has 2 rings (SSSR count). The van der Waals surface area contributed by atoms with Crippen LogP contribution in [0.15, 0.2) is 53.0 Å². The monoisotopic (exact) mass is 344 g/mol. The highest BCUT2D eigenvalue weighted by Crippen LogP contribution is 2.19. The zero-order valence-corrected chi connectivity index (χ0v) is 12.9. The summed E-state index contributed by atoms with van der Waals surface area (Å²) < 4.78 is 6.43. The van der Waals surface area contributed by atoms with E-state index in [-0.39, 0.29) is 5.91 Å². The number of hydrogen-bond donors (Lipinski definition) is 1. The van der Waals surface area contributed by atoms with Crippen molar-refractivity contribution in [2.75, 3.05) is 5.32 Å². The fourth-order valence-corrected chi connectivity index (χ4v) is 2.12. The predicted octanol–water partition coefficient (Wildman–Crippen LogP) is 3.73. The maximum Gasteiger partial charge on any atom is 0.265 e. The smallest absolute Gasteiger partial charge is 0.265 e. The van der Waals surface area contributed by atoms with E-state index in [1.807, 2.05) is 18.2 Å². The van der Waals surface area contributed by atoms with Crippen molar-refractivity contribution in [3.63, 3.8) is 0 Å². The van der Waals surface area contributed by atoms with Gasteiger partial charge in [0.05, 0.1) is 5.56 Å². The molecule has 1 atom stereocenters. The van der Waals surface area contributed by atoms with Crippen LogP contribution < -0.4 is 10.1 Å². The number of rotatable bonds is 4. The SMILES string of the molecule is C[C@H](Oc1ccccc1C#N)C(=O)Nc1cccc(Br)c1. The molecule has 0 bridgehead atoms. The van der Waals surface area contributed by atoms with Crippen molar-refractivity contribution in [3.05, 3.63) is 58.6 Å². The normalized spacial score (nSPS) is 11.3. The first kappa shape index (κ1) is 15.1. The molecule has 0 spiro atoms. The maximum absolute atomic E-state index is 12.1. The van der Waals surface area contributed by atoms with E-state index in [2.05, 4.69) is 21.2 Å². The van der Waals surface area contributed by atoms with E-state index in [0.717, 1.165) is 4.47 Å². The van der Waals surface area contributed by atoms with Crippen molar-refractivity contribution < 1.29 is 9.53 Å². The minimum atomic E-state index is -0.710. The second-order valence-corrected chi connectivity index (χ2v) is 5.28. The summed E-state index contributed by atoms with van der Waals surface area (Å²) >= 11 is 3.34. The molecule has 1 amide bonds. The van der Waals surface area contributed by atoms with Crippen LogP contribution >= 0.6 is 15.9 Å². The van der Waals surface area contributed by atoms with Gasteiger partial charge in [0, 0.05) is 10.2 Å². The van der Waals surface area contributed by atoms with Crippen molar-refractivity contribution >= 4 is 27.5 Å². The standard InChI is InChI=1S/C16H13BrN2O2/c1-11(21-15-8-3-2-5-12(15)10-18)16(20)19-14-7-4-6-13(17)9-14/h2-9,11H,1H3,(H,19,20)/t11-/m0/s1. The van der Waals surface area contributed by atoms with Gasteiger partial charge >= 0.3 is 0 Å². The van der Waals surface area contributed by atoms with Crippen LogP contribution in [-0.4, -0.2) is 12.0 Å². The molecular formula is C16H13BrN2O2. The maximum atomic E-state index is 12.1. The van der Waals surface area contributed by atoms with E-state index in [1.165, 1.54) is 0 Å². The van der Waals surface area contributed by atoms with Crippen molar-refractivity contribution in [2.24, 2.45) is 0 Å². The molecule has 0 radical (unpaired) electrons. The lowest BCUT2D eigenvalue weighted by Gasteiger charge is -2.15. The van der Waals surface area contributed by atoms with Crippen LogP contribution in [0.4, 0.5) is 5.69 Å². The lowest BCUT2D eigenvalue weighted by atomic mass is 10.2. The van der Waals surface area contributed by atoms with Crippen LogP contribution in [0.1, 0.15) is 12.5 Å². The summed E-state index contributed by atoms with van der Waals surface area (Å²) in [5, 5.41) is 11.8. The third-order valence-electron chi connectivity index (χ3n) is 2.77. The number of benzene rings is 2. The fraction of sp³-hybridized carbons (Fsp3) is 0.125. The van der Waals surface area contributed by atoms with E-state index >= 15 is 0 Å². The molecule has 0 unspecified atom stereocenters. The van der Waals surface area contributed by atoms with Crippen LogP contribution in [0.25, 0.3) is 0 Å². The Bertz CT molecular complexity index is 695. The van der Waals surface area contributed by atoms with Gasteiger partial charge in [0.25, 0.3) is 5.91 Å². The number of carbonyl (C=O) groups is 1. The topological polar surface area (TPSA) is 62.1 Å². The molecule has 2 aromatic rings. The lowest BCUT2D eigenvalue weighted by Crippen LogP contribution is -2.30. The zero-order valence-electron chi connectivity index (χ0n) is 11.3. The molecule has 0 aliphatic carbocycles. The number of anilines is 1. The molecule has 5 heteroatoms. The Morgan fingerprint density at radius 3 is 2.76 bits per heavy atom. The summed E-state index contributed by atoms with van der Waals surface area (Å²) in [7, 11) is 0. The number of amides is 1. The highest BCUT2D eigenvalue weighted by atomic mass is 79.9. The summed E-state index contributed by atoms with van der Waals surface area (Å²) in [6.45, 7) is 1.64. The number of para-hydroxylation sites is 1. The summed E-state index contributed by atoms with van der Waals surface area (Å²) in [6.07, 6.45) is -0.710. The first-order valence-corrected chi connectivity index (χ1v) is 7.11. The first-order chi connectivity index (χ1) is 10.1. The van der Waals surface area contributed by atoms with Crippen LogP contribution in [0, 0.1) is 11.3 Å². The fourth-order valence-electron chi connectivity index (χ4n) is 1.72. The van der Waals surface area contributed by atoms with Crippen molar-refractivity contribution in [1.82, 2.24) is 0 Å². The van der Waals surface area contributed by atoms with E-state index in [9.17, 15) is 4.79 Å². The van der Waals surface area contributed by atoms with Crippen molar-refractivity contribution in [1.29, 1.82) is 5.26 Å².